The Balaban J connectivity index is 1.90. The Morgan fingerprint density at radius 1 is 1.15 bits per heavy atom. The molecule has 39 heavy (non-hydrogen) atoms. The summed E-state index contributed by atoms with van der Waals surface area (Å²) in [5.41, 5.74) is -1.59. The number of benzene rings is 3. The summed E-state index contributed by atoms with van der Waals surface area (Å²) >= 11 is 3.25. The summed E-state index contributed by atoms with van der Waals surface area (Å²) in [6.45, 7) is 2.32. The molecule has 0 aliphatic rings. The smallest absolute Gasteiger partial charge is 0.416 e. The SMILES string of the molecule is CCOc1ccc(NC(=O)/C(C#N)=C/c2cc(Br)c(Oc3ccc(C(F)(F)F)cc3[N+](=O)[O-])c(OC)c2)cc1. The summed E-state index contributed by atoms with van der Waals surface area (Å²) in [4.78, 5) is 23.1. The number of rotatable bonds is 9. The van der Waals surface area contributed by atoms with Crippen LogP contribution in [-0.4, -0.2) is 24.5 Å². The average molecular weight is 606 g/mol. The molecule has 3 aromatic carbocycles. The highest BCUT2D eigenvalue weighted by atomic mass is 79.9. The maximum Gasteiger partial charge on any atom is 0.416 e. The molecule has 9 nitrogen and oxygen atoms in total. The van der Waals surface area contributed by atoms with E-state index < -0.39 is 34.0 Å². The number of amides is 1. The van der Waals surface area contributed by atoms with Crippen LogP contribution in [0.15, 0.2) is 64.6 Å². The molecule has 0 aliphatic heterocycles. The van der Waals surface area contributed by atoms with E-state index in [0.29, 0.717) is 35.7 Å². The van der Waals surface area contributed by atoms with Crippen molar-refractivity contribution in [3.63, 3.8) is 0 Å². The van der Waals surface area contributed by atoms with Crippen LogP contribution in [0.1, 0.15) is 18.1 Å². The van der Waals surface area contributed by atoms with Crippen molar-refractivity contribution in [2.75, 3.05) is 19.0 Å². The van der Waals surface area contributed by atoms with Gasteiger partial charge >= 0.3 is 11.9 Å². The van der Waals surface area contributed by atoms with Crippen molar-refractivity contribution < 1.29 is 37.1 Å². The number of nitro benzene ring substituents is 1. The molecule has 0 saturated carbocycles. The molecule has 1 N–H and O–H groups in total. The Morgan fingerprint density at radius 2 is 1.85 bits per heavy atom. The molecule has 202 valence electrons. The average Bonchev–Trinajstić information content (AvgIpc) is 2.89. The Hall–Kier alpha value is -4.57. The second kappa shape index (κ2) is 12.3. The molecular formula is C26H19BrF3N3O6. The normalized spacial score (nSPS) is 11.4. The number of anilines is 1. The van der Waals surface area contributed by atoms with Gasteiger partial charge in [-0.25, -0.2) is 0 Å². The highest BCUT2D eigenvalue weighted by molar-refractivity contribution is 9.10. The first-order chi connectivity index (χ1) is 18.5. The standard InChI is InChI=1S/C26H19BrF3N3O6/c1-3-38-19-7-5-18(6-8-19)32-25(34)16(14-31)10-15-11-20(27)24(23(12-15)37-2)39-22-9-4-17(26(28,29)30)13-21(22)33(35)36/h4-13H,3H2,1-2H3,(H,32,34)/b16-10+. The van der Waals surface area contributed by atoms with E-state index in [1.54, 1.807) is 24.3 Å². The van der Waals surface area contributed by atoms with Crippen LogP contribution in [0.3, 0.4) is 0 Å². The predicted octanol–water partition coefficient (Wildman–Crippen LogP) is 7.12. The summed E-state index contributed by atoms with van der Waals surface area (Å²) in [7, 11) is 1.27. The lowest BCUT2D eigenvalue weighted by atomic mass is 10.1. The zero-order valence-electron chi connectivity index (χ0n) is 20.3. The third-order valence-corrected chi connectivity index (χ3v) is 5.64. The fourth-order valence-corrected chi connectivity index (χ4v) is 3.81. The number of nitriles is 1. The molecule has 0 fully saturated rings. The van der Waals surface area contributed by atoms with Crippen molar-refractivity contribution >= 4 is 39.3 Å². The van der Waals surface area contributed by atoms with Gasteiger partial charge in [-0.05, 0) is 83.0 Å². The van der Waals surface area contributed by atoms with Crippen LogP contribution >= 0.6 is 15.9 Å². The molecular weight excluding hydrogens is 587 g/mol. The Morgan fingerprint density at radius 3 is 2.41 bits per heavy atom. The number of alkyl halides is 3. The van der Waals surface area contributed by atoms with E-state index in [4.69, 9.17) is 14.2 Å². The van der Waals surface area contributed by atoms with E-state index in [0.717, 1.165) is 6.07 Å². The predicted molar refractivity (Wildman–Crippen MR) is 139 cm³/mol. The molecule has 13 heteroatoms. The topological polar surface area (TPSA) is 124 Å². The van der Waals surface area contributed by atoms with Crippen LogP contribution in [0.4, 0.5) is 24.5 Å². The van der Waals surface area contributed by atoms with Gasteiger partial charge in [0.1, 0.15) is 17.4 Å². The molecule has 0 spiro atoms. The molecule has 0 aliphatic carbocycles. The van der Waals surface area contributed by atoms with Gasteiger partial charge in [0, 0.05) is 11.8 Å². The quantitative estimate of drug-likeness (QED) is 0.119. The lowest BCUT2D eigenvalue weighted by molar-refractivity contribution is -0.385. The molecule has 0 aromatic heterocycles. The van der Waals surface area contributed by atoms with Gasteiger partial charge in [-0.2, -0.15) is 18.4 Å². The summed E-state index contributed by atoms with van der Waals surface area (Å²) in [5.74, 6) is -0.573. The van der Waals surface area contributed by atoms with Gasteiger partial charge in [0.2, 0.25) is 5.75 Å². The number of ether oxygens (including phenoxy) is 3. The van der Waals surface area contributed by atoms with Gasteiger partial charge in [-0.1, -0.05) is 0 Å². The molecule has 3 aromatic rings. The number of carbonyl (C=O) groups excluding carboxylic acids is 1. The van der Waals surface area contributed by atoms with E-state index in [1.807, 2.05) is 13.0 Å². The monoisotopic (exact) mass is 605 g/mol. The fourth-order valence-electron chi connectivity index (χ4n) is 3.27. The molecule has 1 amide bonds. The van der Waals surface area contributed by atoms with Gasteiger partial charge < -0.3 is 19.5 Å². The third-order valence-electron chi connectivity index (χ3n) is 5.05. The summed E-state index contributed by atoms with van der Waals surface area (Å²) in [6, 6.07) is 13.1. The lowest BCUT2D eigenvalue weighted by Crippen LogP contribution is -2.13. The van der Waals surface area contributed by atoms with Gasteiger partial charge in [-0.3, -0.25) is 14.9 Å². The van der Waals surface area contributed by atoms with E-state index in [2.05, 4.69) is 21.2 Å². The summed E-state index contributed by atoms with van der Waals surface area (Å²) in [5, 5.41) is 23.6. The zero-order chi connectivity index (χ0) is 28.7. The van der Waals surface area contributed by atoms with Crippen LogP contribution in [-0.2, 0) is 11.0 Å². The van der Waals surface area contributed by atoms with Crippen LogP contribution in [0, 0.1) is 21.4 Å². The van der Waals surface area contributed by atoms with Gasteiger partial charge in [0.15, 0.2) is 11.5 Å². The second-order valence-electron chi connectivity index (χ2n) is 7.65. The van der Waals surface area contributed by atoms with Crippen LogP contribution in [0.2, 0.25) is 0 Å². The molecule has 0 radical (unpaired) electrons. The third kappa shape index (κ3) is 7.26. The largest absolute Gasteiger partial charge is 0.494 e. The molecule has 0 bridgehead atoms. The van der Waals surface area contributed by atoms with E-state index in [9.17, 15) is 33.3 Å². The molecule has 0 saturated heterocycles. The maximum absolute atomic E-state index is 13.0. The number of hydrogen-bond acceptors (Lipinski definition) is 7. The maximum atomic E-state index is 13.0. The van der Waals surface area contributed by atoms with E-state index in [-0.39, 0.29) is 21.5 Å². The Labute approximate surface area is 228 Å². The van der Waals surface area contributed by atoms with Crippen molar-refractivity contribution in [1.82, 2.24) is 0 Å². The van der Waals surface area contributed by atoms with Crippen LogP contribution in [0.5, 0.6) is 23.0 Å². The highest BCUT2D eigenvalue weighted by Crippen LogP contribution is 2.44. The molecule has 0 unspecified atom stereocenters. The number of nitrogens with zero attached hydrogens (tertiary/aromatic N) is 2. The summed E-state index contributed by atoms with van der Waals surface area (Å²) in [6.07, 6.45) is -3.51. The van der Waals surface area contributed by atoms with Gasteiger partial charge in [0.25, 0.3) is 5.91 Å². The van der Waals surface area contributed by atoms with Gasteiger partial charge in [-0.15, -0.1) is 0 Å². The number of carbonyl (C=O) groups is 1. The minimum Gasteiger partial charge on any atom is -0.494 e. The lowest BCUT2D eigenvalue weighted by Gasteiger charge is -2.14. The van der Waals surface area contributed by atoms with Crippen molar-refractivity contribution in [3.05, 3.63) is 85.9 Å². The van der Waals surface area contributed by atoms with Gasteiger partial charge in [0.05, 0.1) is 28.7 Å². The number of halogens is 4. The first-order valence-corrected chi connectivity index (χ1v) is 11.8. The number of hydrogen-bond donors (Lipinski definition) is 1. The Bertz CT molecular complexity index is 1470. The van der Waals surface area contributed by atoms with E-state index in [1.165, 1.54) is 25.3 Å². The Kier molecular flexibility index (Phi) is 9.16. The number of nitrogens with one attached hydrogen (secondary N) is 1. The second-order valence-corrected chi connectivity index (χ2v) is 8.51. The minimum atomic E-state index is -4.78. The molecule has 0 atom stereocenters. The van der Waals surface area contributed by atoms with E-state index >= 15 is 0 Å². The number of methoxy groups -OCH3 is 1. The first kappa shape index (κ1) is 29.0. The van der Waals surface area contributed by atoms with Crippen molar-refractivity contribution in [2.24, 2.45) is 0 Å². The summed E-state index contributed by atoms with van der Waals surface area (Å²) < 4.78 is 55.5. The van der Waals surface area contributed by atoms with Crippen molar-refractivity contribution in [3.8, 4) is 29.1 Å². The first-order valence-electron chi connectivity index (χ1n) is 11.0. The fraction of sp³-hybridized carbons (Fsp3) is 0.154. The zero-order valence-corrected chi connectivity index (χ0v) is 21.9. The molecule has 3 rings (SSSR count). The molecule has 0 heterocycles. The van der Waals surface area contributed by atoms with Crippen LogP contribution < -0.4 is 19.5 Å². The van der Waals surface area contributed by atoms with Crippen molar-refractivity contribution in [2.45, 2.75) is 13.1 Å². The van der Waals surface area contributed by atoms with Crippen LogP contribution in [0.25, 0.3) is 6.08 Å². The van der Waals surface area contributed by atoms with Crippen molar-refractivity contribution in [1.29, 1.82) is 5.26 Å². The highest BCUT2D eigenvalue weighted by Gasteiger charge is 2.33. The number of nitro groups is 1. The minimum absolute atomic E-state index is 0.0223.